The van der Waals surface area contributed by atoms with Gasteiger partial charge in [0.25, 0.3) is 0 Å². The van der Waals surface area contributed by atoms with Crippen molar-refractivity contribution >= 4 is 15.9 Å². The lowest BCUT2D eigenvalue weighted by molar-refractivity contribution is 0.213. The van der Waals surface area contributed by atoms with E-state index in [0.717, 1.165) is 15.6 Å². The summed E-state index contributed by atoms with van der Waals surface area (Å²) in [5, 5.41) is 10.6. The molecule has 20 heavy (non-hydrogen) atoms. The number of hydrogen-bond acceptors (Lipinski definition) is 2. The van der Waals surface area contributed by atoms with Crippen molar-refractivity contribution in [1.82, 2.24) is 0 Å². The van der Waals surface area contributed by atoms with Crippen LogP contribution in [0.5, 0.6) is 5.75 Å². The fourth-order valence-corrected chi connectivity index (χ4v) is 2.88. The van der Waals surface area contributed by atoms with Gasteiger partial charge in [-0.25, -0.2) is 4.39 Å². The van der Waals surface area contributed by atoms with Crippen LogP contribution in [0.4, 0.5) is 4.39 Å². The van der Waals surface area contributed by atoms with E-state index in [4.69, 9.17) is 4.74 Å². The van der Waals surface area contributed by atoms with E-state index in [2.05, 4.69) is 15.9 Å². The minimum atomic E-state index is -0.933. The number of rotatable bonds is 3. The van der Waals surface area contributed by atoms with E-state index in [1.165, 1.54) is 12.1 Å². The molecule has 0 heterocycles. The van der Waals surface area contributed by atoms with Gasteiger partial charge in [-0.3, -0.25) is 0 Å². The van der Waals surface area contributed by atoms with Crippen LogP contribution in [0, 0.1) is 19.7 Å². The first-order chi connectivity index (χ1) is 9.45. The second kappa shape index (κ2) is 5.94. The molecule has 0 saturated carbocycles. The van der Waals surface area contributed by atoms with Gasteiger partial charge in [0.05, 0.1) is 7.11 Å². The van der Waals surface area contributed by atoms with Gasteiger partial charge in [-0.05, 0) is 48.7 Å². The molecule has 1 N–H and O–H groups in total. The number of aliphatic hydroxyl groups is 1. The van der Waals surface area contributed by atoms with E-state index >= 15 is 0 Å². The molecular weight excluding hydrogens is 323 g/mol. The van der Waals surface area contributed by atoms with Crippen LogP contribution in [-0.4, -0.2) is 12.2 Å². The fraction of sp³-hybridized carbons (Fsp3) is 0.250. The van der Waals surface area contributed by atoms with Gasteiger partial charge in [0, 0.05) is 10.0 Å². The molecule has 1 atom stereocenters. The molecule has 2 nitrogen and oxygen atoms in total. The highest BCUT2D eigenvalue weighted by molar-refractivity contribution is 9.10. The highest BCUT2D eigenvalue weighted by Crippen LogP contribution is 2.38. The summed E-state index contributed by atoms with van der Waals surface area (Å²) in [4.78, 5) is 0. The Labute approximate surface area is 126 Å². The second-order valence-corrected chi connectivity index (χ2v) is 5.56. The van der Waals surface area contributed by atoms with E-state index in [0.29, 0.717) is 16.9 Å². The molecular formula is C16H16BrFO2. The Balaban J connectivity index is 2.62. The van der Waals surface area contributed by atoms with Gasteiger partial charge in [-0.2, -0.15) is 0 Å². The smallest absolute Gasteiger partial charge is 0.128 e. The molecule has 2 rings (SSSR count). The number of hydrogen-bond donors (Lipinski definition) is 1. The molecule has 0 aliphatic heterocycles. The molecule has 0 spiro atoms. The Morgan fingerprint density at radius 3 is 2.55 bits per heavy atom. The first-order valence-electron chi connectivity index (χ1n) is 6.22. The van der Waals surface area contributed by atoms with Crippen LogP contribution in [0.3, 0.4) is 0 Å². The number of aryl methyl sites for hydroxylation is 1. The van der Waals surface area contributed by atoms with E-state index in [1.807, 2.05) is 19.9 Å². The quantitative estimate of drug-likeness (QED) is 0.904. The molecule has 106 valence electrons. The minimum Gasteiger partial charge on any atom is -0.496 e. The van der Waals surface area contributed by atoms with Crippen molar-refractivity contribution in [2.45, 2.75) is 20.0 Å². The van der Waals surface area contributed by atoms with Crippen molar-refractivity contribution in [3.63, 3.8) is 0 Å². The number of benzene rings is 2. The summed E-state index contributed by atoms with van der Waals surface area (Å²) >= 11 is 3.47. The zero-order chi connectivity index (χ0) is 14.9. The lowest BCUT2D eigenvalue weighted by Crippen LogP contribution is -2.07. The average molecular weight is 339 g/mol. The highest BCUT2D eigenvalue weighted by Gasteiger charge is 2.21. The molecule has 0 bridgehead atoms. The van der Waals surface area contributed by atoms with Gasteiger partial charge in [0.1, 0.15) is 17.7 Å². The van der Waals surface area contributed by atoms with Crippen molar-refractivity contribution < 1.29 is 14.2 Å². The standard InChI is InChI=1S/C16H16BrFO2/c1-9-7-13(17)10(2)14(16(9)20-3)15(19)11-5-4-6-12(18)8-11/h4-8,15,19H,1-3H3. The van der Waals surface area contributed by atoms with Crippen molar-refractivity contribution in [3.05, 3.63) is 62.9 Å². The maximum absolute atomic E-state index is 13.3. The molecule has 0 amide bonds. The van der Waals surface area contributed by atoms with Crippen LogP contribution < -0.4 is 4.74 Å². The van der Waals surface area contributed by atoms with Crippen molar-refractivity contribution in [1.29, 1.82) is 0 Å². The predicted molar refractivity (Wildman–Crippen MR) is 80.6 cm³/mol. The van der Waals surface area contributed by atoms with E-state index in [1.54, 1.807) is 19.2 Å². The number of methoxy groups -OCH3 is 1. The van der Waals surface area contributed by atoms with Gasteiger partial charge in [0.15, 0.2) is 0 Å². The fourth-order valence-electron chi connectivity index (χ4n) is 2.32. The average Bonchev–Trinajstić information content (AvgIpc) is 2.41. The molecule has 0 saturated heterocycles. The summed E-state index contributed by atoms with van der Waals surface area (Å²) in [5.41, 5.74) is 2.95. The molecule has 2 aromatic rings. The highest BCUT2D eigenvalue weighted by atomic mass is 79.9. The van der Waals surface area contributed by atoms with E-state index in [-0.39, 0.29) is 5.82 Å². The normalized spacial score (nSPS) is 12.3. The summed E-state index contributed by atoms with van der Waals surface area (Å²) in [6.07, 6.45) is -0.933. The topological polar surface area (TPSA) is 29.5 Å². The van der Waals surface area contributed by atoms with Gasteiger partial charge >= 0.3 is 0 Å². The van der Waals surface area contributed by atoms with Gasteiger partial charge in [-0.15, -0.1) is 0 Å². The third kappa shape index (κ3) is 2.72. The summed E-state index contributed by atoms with van der Waals surface area (Å²) in [6, 6.07) is 7.91. The van der Waals surface area contributed by atoms with Crippen LogP contribution in [0.25, 0.3) is 0 Å². The van der Waals surface area contributed by atoms with Crippen LogP contribution in [0.2, 0.25) is 0 Å². The van der Waals surface area contributed by atoms with Crippen LogP contribution in [0.1, 0.15) is 28.4 Å². The Hall–Kier alpha value is -1.39. The van der Waals surface area contributed by atoms with Crippen LogP contribution in [0.15, 0.2) is 34.8 Å². The van der Waals surface area contributed by atoms with Crippen molar-refractivity contribution in [3.8, 4) is 5.75 Å². The Morgan fingerprint density at radius 1 is 1.25 bits per heavy atom. The molecule has 0 aromatic heterocycles. The molecule has 0 radical (unpaired) electrons. The van der Waals surface area contributed by atoms with Crippen molar-refractivity contribution in [2.75, 3.05) is 7.11 Å². The lowest BCUT2D eigenvalue weighted by atomic mass is 9.94. The predicted octanol–water partition coefficient (Wildman–Crippen LogP) is 4.30. The zero-order valence-electron chi connectivity index (χ0n) is 11.6. The molecule has 0 fully saturated rings. The Morgan fingerprint density at radius 2 is 1.95 bits per heavy atom. The molecule has 2 aromatic carbocycles. The maximum atomic E-state index is 13.3. The molecule has 0 aliphatic rings. The zero-order valence-corrected chi connectivity index (χ0v) is 13.2. The SMILES string of the molecule is COc1c(C)cc(Br)c(C)c1C(O)c1cccc(F)c1. The van der Waals surface area contributed by atoms with Gasteiger partial charge in [0.2, 0.25) is 0 Å². The van der Waals surface area contributed by atoms with Crippen LogP contribution in [-0.2, 0) is 0 Å². The van der Waals surface area contributed by atoms with Gasteiger partial charge < -0.3 is 9.84 Å². The number of ether oxygens (including phenoxy) is 1. The van der Waals surface area contributed by atoms with Crippen molar-refractivity contribution in [2.24, 2.45) is 0 Å². The first-order valence-corrected chi connectivity index (χ1v) is 7.02. The van der Waals surface area contributed by atoms with Crippen LogP contribution >= 0.6 is 15.9 Å². The van der Waals surface area contributed by atoms with E-state index < -0.39 is 6.10 Å². The molecule has 4 heteroatoms. The van der Waals surface area contributed by atoms with E-state index in [9.17, 15) is 9.50 Å². The number of aliphatic hydroxyl groups excluding tert-OH is 1. The minimum absolute atomic E-state index is 0.370. The largest absolute Gasteiger partial charge is 0.496 e. The third-order valence-electron chi connectivity index (χ3n) is 3.35. The Kier molecular flexibility index (Phi) is 4.45. The monoisotopic (exact) mass is 338 g/mol. The third-order valence-corrected chi connectivity index (χ3v) is 4.17. The van der Waals surface area contributed by atoms with Gasteiger partial charge in [-0.1, -0.05) is 28.1 Å². The summed E-state index contributed by atoms with van der Waals surface area (Å²) < 4.78 is 19.6. The molecule has 1 unspecified atom stereocenters. The Bertz CT molecular complexity index is 641. The second-order valence-electron chi connectivity index (χ2n) is 4.70. The lowest BCUT2D eigenvalue weighted by Gasteiger charge is -2.20. The first kappa shape index (κ1) is 15.0. The maximum Gasteiger partial charge on any atom is 0.128 e. The number of halogens is 2. The summed E-state index contributed by atoms with van der Waals surface area (Å²) in [7, 11) is 1.57. The summed E-state index contributed by atoms with van der Waals surface area (Å²) in [6.45, 7) is 3.80. The molecule has 0 aliphatic carbocycles. The summed E-state index contributed by atoms with van der Waals surface area (Å²) in [5.74, 6) is 0.257.